The van der Waals surface area contributed by atoms with E-state index in [0.29, 0.717) is 0 Å². The van der Waals surface area contributed by atoms with E-state index >= 15 is 0 Å². The molecule has 7 rings (SSSR count). The number of H-pyrrole nitrogens is 1. The molecule has 0 amide bonds. The number of rotatable bonds is 3. The SMILES string of the molecule is CC1(C)c2cc(Nc3ccccc3C3=CCCC=C3)ccc2-c2cc3[nH]c4ccccc4c3cc21. The Kier molecular flexibility index (Phi) is 4.35. The van der Waals surface area contributed by atoms with Crippen LogP contribution in [0.3, 0.4) is 0 Å². The maximum atomic E-state index is 3.74. The van der Waals surface area contributed by atoms with E-state index in [1.165, 1.54) is 55.2 Å². The smallest absolute Gasteiger partial charge is 0.0471 e. The van der Waals surface area contributed by atoms with E-state index in [9.17, 15) is 0 Å². The molecule has 2 N–H and O–H groups in total. The Bertz CT molecular complexity index is 1690. The second-order valence-electron chi connectivity index (χ2n) is 10.3. The summed E-state index contributed by atoms with van der Waals surface area (Å²) in [7, 11) is 0. The summed E-state index contributed by atoms with van der Waals surface area (Å²) in [6.45, 7) is 4.71. The van der Waals surface area contributed by atoms with E-state index in [2.05, 4.69) is 121 Å². The lowest BCUT2D eigenvalue weighted by Gasteiger charge is -2.22. The van der Waals surface area contributed by atoms with Crippen LogP contribution < -0.4 is 5.32 Å². The maximum absolute atomic E-state index is 3.74. The van der Waals surface area contributed by atoms with Gasteiger partial charge >= 0.3 is 0 Å². The molecule has 0 saturated carbocycles. The number of hydrogen-bond donors (Lipinski definition) is 2. The van der Waals surface area contributed by atoms with Gasteiger partial charge in [-0.1, -0.05) is 74.5 Å². The molecule has 4 aromatic carbocycles. The summed E-state index contributed by atoms with van der Waals surface area (Å²) in [6.07, 6.45) is 9.09. The summed E-state index contributed by atoms with van der Waals surface area (Å²) in [4.78, 5) is 3.62. The zero-order chi connectivity index (χ0) is 23.6. The van der Waals surface area contributed by atoms with Crippen molar-refractivity contribution < 1.29 is 0 Å². The fourth-order valence-corrected chi connectivity index (χ4v) is 5.97. The van der Waals surface area contributed by atoms with Gasteiger partial charge in [-0.05, 0) is 77.1 Å². The van der Waals surface area contributed by atoms with Crippen LogP contribution in [0.5, 0.6) is 0 Å². The fourth-order valence-electron chi connectivity index (χ4n) is 5.97. The van der Waals surface area contributed by atoms with Crippen molar-refractivity contribution in [3.05, 3.63) is 114 Å². The molecule has 170 valence electrons. The third-order valence-corrected chi connectivity index (χ3v) is 7.81. The van der Waals surface area contributed by atoms with Gasteiger partial charge in [-0.15, -0.1) is 0 Å². The summed E-state index contributed by atoms with van der Waals surface area (Å²) >= 11 is 0. The van der Waals surface area contributed by atoms with Gasteiger partial charge < -0.3 is 10.3 Å². The van der Waals surface area contributed by atoms with E-state index in [1.807, 2.05) is 0 Å². The van der Waals surface area contributed by atoms with Crippen molar-refractivity contribution in [2.75, 3.05) is 5.32 Å². The summed E-state index contributed by atoms with van der Waals surface area (Å²) in [5, 5.41) is 6.34. The second kappa shape index (κ2) is 7.48. The summed E-state index contributed by atoms with van der Waals surface area (Å²) in [6, 6.07) is 28.8. The van der Waals surface area contributed by atoms with E-state index < -0.39 is 0 Å². The number of para-hydroxylation sites is 2. The molecule has 35 heavy (non-hydrogen) atoms. The molecule has 0 bridgehead atoms. The molecular formula is C33H28N2. The standard InChI is InChI=1S/C33H28N2/c1-33(2)28-18-22(34-30-14-8-6-12-23(30)21-10-4-3-5-11-21)16-17-24(28)26-20-32-27(19-29(26)33)25-13-7-9-15-31(25)35-32/h4,6-20,34-35H,3,5H2,1-2H3. The molecule has 0 fully saturated rings. The highest BCUT2D eigenvalue weighted by molar-refractivity contribution is 6.09. The Balaban J connectivity index is 1.32. The van der Waals surface area contributed by atoms with Gasteiger partial charge in [0.2, 0.25) is 0 Å². The quantitative estimate of drug-likeness (QED) is 0.281. The third kappa shape index (κ3) is 3.10. The zero-order valence-corrected chi connectivity index (χ0v) is 20.2. The highest BCUT2D eigenvalue weighted by Gasteiger charge is 2.36. The number of benzene rings is 4. The molecule has 0 spiro atoms. The minimum absolute atomic E-state index is 0.0664. The first kappa shape index (κ1) is 20.3. The van der Waals surface area contributed by atoms with Crippen molar-refractivity contribution in [1.82, 2.24) is 4.98 Å². The highest BCUT2D eigenvalue weighted by atomic mass is 14.9. The predicted molar refractivity (Wildman–Crippen MR) is 149 cm³/mol. The molecule has 0 saturated heterocycles. The Morgan fingerprint density at radius 3 is 2.43 bits per heavy atom. The first-order valence-electron chi connectivity index (χ1n) is 12.5. The van der Waals surface area contributed by atoms with Gasteiger partial charge in [0.25, 0.3) is 0 Å². The van der Waals surface area contributed by atoms with Crippen LogP contribution in [0.15, 0.2) is 97.1 Å². The molecule has 0 radical (unpaired) electrons. The lowest BCUT2D eigenvalue weighted by Crippen LogP contribution is -2.15. The molecule has 5 aromatic rings. The van der Waals surface area contributed by atoms with E-state index in [1.54, 1.807) is 0 Å². The van der Waals surface area contributed by atoms with Gasteiger partial charge in [-0.2, -0.15) is 0 Å². The minimum atomic E-state index is -0.0664. The van der Waals surface area contributed by atoms with Gasteiger partial charge in [-0.3, -0.25) is 0 Å². The topological polar surface area (TPSA) is 27.8 Å². The van der Waals surface area contributed by atoms with Gasteiger partial charge in [0.05, 0.1) is 0 Å². The molecule has 1 aromatic heterocycles. The van der Waals surface area contributed by atoms with Crippen LogP contribution in [-0.4, -0.2) is 4.98 Å². The number of allylic oxidation sites excluding steroid dienone is 4. The molecule has 0 atom stereocenters. The van der Waals surface area contributed by atoms with Crippen molar-refractivity contribution in [3.63, 3.8) is 0 Å². The van der Waals surface area contributed by atoms with Crippen molar-refractivity contribution in [2.24, 2.45) is 0 Å². The molecule has 2 aliphatic rings. The van der Waals surface area contributed by atoms with Gasteiger partial charge in [0.15, 0.2) is 0 Å². The first-order chi connectivity index (χ1) is 17.1. The van der Waals surface area contributed by atoms with E-state index in [-0.39, 0.29) is 5.41 Å². The molecule has 2 nitrogen and oxygen atoms in total. The molecule has 0 aliphatic heterocycles. The number of anilines is 2. The van der Waals surface area contributed by atoms with E-state index in [0.717, 1.165) is 24.2 Å². The summed E-state index contributed by atoms with van der Waals surface area (Å²) in [5.41, 5.74) is 12.6. The van der Waals surface area contributed by atoms with Crippen LogP contribution in [-0.2, 0) is 5.41 Å². The number of hydrogen-bond acceptors (Lipinski definition) is 1. The van der Waals surface area contributed by atoms with Crippen LogP contribution >= 0.6 is 0 Å². The van der Waals surface area contributed by atoms with Gasteiger partial charge in [-0.25, -0.2) is 0 Å². The van der Waals surface area contributed by atoms with Crippen molar-refractivity contribution >= 4 is 38.8 Å². The van der Waals surface area contributed by atoms with Crippen molar-refractivity contribution in [1.29, 1.82) is 0 Å². The Morgan fingerprint density at radius 1 is 0.714 bits per heavy atom. The first-order valence-corrected chi connectivity index (χ1v) is 12.5. The fraction of sp³-hybridized carbons (Fsp3) is 0.152. The van der Waals surface area contributed by atoms with Crippen LogP contribution in [0.2, 0.25) is 0 Å². The molecule has 2 aliphatic carbocycles. The Labute approximate surface area is 206 Å². The largest absolute Gasteiger partial charge is 0.355 e. The average molecular weight is 453 g/mol. The lowest BCUT2D eigenvalue weighted by molar-refractivity contribution is 0.661. The van der Waals surface area contributed by atoms with Crippen molar-refractivity contribution in [2.45, 2.75) is 32.1 Å². The predicted octanol–water partition coefficient (Wildman–Crippen LogP) is 9.10. The zero-order valence-electron chi connectivity index (χ0n) is 20.2. The molecule has 2 heteroatoms. The summed E-state index contributed by atoms with van der Waals surface area (Å²) < 4.78 is 0. The Hall–Kier alpha value is -4.04. The number of aromatic amines is 1. The number of fused-ring (bicyclic) bond motifs is 6. The number of nitrogens with one attached hydrogen (secondary N) is 2. The normalized spacial score (nSPS) is 15.8. The average Bonchev–Trinajstić information content (AvgIpc) is 3.36. The maximum Gasteiger partial charge on any atom is 0.0471 e. The molecule has 0 unspecified atom stereocenters. The van der Waals surface area contributed by atoms with Gasteiger partial charge in [0.1, 0.15) is 0 Å². The van der Waals surface area contributed by atoms with Gasteiger partial charge in [0, 0.05) is 44.2 Å². The van der Waals surface area contributed by atoms with Crippen LogP contribution in [0.4, 0.5) is 11.4 Å². The summed E-state index contributed by atoms with van der Waals surface area (Å²) in [5.74, 6) is 0. The van der Waals surface area contributed by atoms with E-state index in [4.69, 9.17) is 0 Å². The number of aromatic nitrogens is 1. The van der Waals surface area contributed by atoms with Crippen LogP contribution in [0.25, 0.3) is 38.5 Å². The second-order valence-corrected chi connectivity index (χ2v) is 10.3. The molecular weight excluding hydrogens is 424 g/mol. The highest BCUT2D eigenvalue weighted by Crippen LogP contribution is 2.51. The lowest BCUT2D eigenvalue weighted by atomic mass is 9.82. The van der Waals surface area contributed by atoms with Crippen LogP contribution in [0, 0.1) is 0 Å². The minimum Gasteiger partial charge on any atom is -0.355 e. The third-order valence-electron chi connectivity index (χ3n) is 7.81. The monoisotopic (exact) mass is 452 g/mol. The molecule has 1 heterocycles. The van der Waals surface area contributed by atoms with Crippen molar-refractivity contribution in [3.8, 4) is 11.1 Å². The Morgan fingerprint density at radius 2 is 1.54 bits per heavy atom. The van der Waals surface area contributed by atoms with Crippen LogP contribution in [0.1, 0.15) is 43.4 Å².